The van der Waals surface area contributed by atoms with Gasteiger partial charge in [0.1, 0.15) is 22.8 Å². The molecule has 0 radical (unpaired) electrons. The van der Waals surface area contributed by atoms with Crippen LogP contribution in [0.25, 0.3) is 22.0 Å². The first-order valence-corrected chi connectivity index (χ1v) is 10.2. The fraction of sp³-hybridized carbons (Fsp3) is 0.0800. The highest BCUT2D eigenvalue weighted by Crippen LogP contribution is 2.27. The van der Waals surface area contributed by atoms with Gasteiger partial charge in [-0.2, -0.15) is 0 Å². The molecule has 0 fully saturated rings. The highest BCUT2D eigenvalue weighted by Gasteiger charge is 2.15. The lowest BCUT2D eigenvalue weighted by Crippen LogP contribution is -2.13. The summed E-state index contributed by atoms with van der Waals surface area (Å²) >= 11 is 0. The van der Waals surface area contributed by atoms with Crippen LogP contribution in [0, 0.1) is 6.92 Å². The lowest BCUT2D eigenvalue weighted by Gasteiger charge is -2.10. The molecular weight excluding hydrogens is 422 g/mol. The van der Waals surface area contributed by atoms with Gasteiger partial charge in [-0.3, -0.25) is 14.9 Å². The third-order valence-electron chi connectivity index (χ3n) is 5.18. The van der Waals surface area contributed by atoms with E-state index in [9.17, 15) is 9.59 Å². The van der Waals surface area contributed by atoms with Crippen molar-refractivity contribution >= 4 is 33.9 Å². The first-order valence-electron chi connectivity index (χ1n) is 10.2. The number of benzene rings is 3. The van der Waals surface area contributed by atoms with Crippen LogP contribution in [0.4, 0.5) is 5.95 Å². The highest BCUT2D eigenvalue weighted by atomic mass is 16.5. The van der Waals surface area contributed by atoms with Crippen molar-refractivity contribution < 1.29 is 18.7 Å². The van der Waals surface area contributed by atoms with Crippen LogP contribution in [-0.4, -0.2) is 23.0 Å². The molecule has 5 aromatic rings. The zero-order valence-electron chi connectivity index (χ0n) is 17.8. The number of hydrogen-bond acceptors (Lipinski definition) is 6. The first-order chi connectivity index (χ1) is 16.0. The van der Waals surface area contributed by atoms with Crippen molar-refractivity contribution in [2.24, 2.45) is 0 Å². The Morgan fingerprint density at radius 3 is 2.55 bits per heavy atom. The van der Waals surface area contributed by atoms with E-state index in [1.54, 1.807) is 56.5 Å². The number of para-hydroxylation sites is 2. The number of hydrogen-bond donors (Lipinski definition) is 2. The molecule has 0 spiro atoms. The van der Waals surface area contributed by atoms with Gasteiger partial charge in [-0.05, 0) is 55.5 Å². The van der Waals surface area contributed by atoms with Crippen molar-refractivity contribution in [3.63, 3.8) is 0 Å². The average Bonchev–Trinajstić information content (AvgIpc) is 3.24. The molecule has 5 rings (SSSR count). The normalized spacial score (nSPS) is 11.0. The van der Waals surface area contributed by atoms with Crippen LogP contribution in [0.1, 0.15) is 16.1 Å². The topological polar surface area (TPSA) is 106 Å². The Morgan fingerprint density at radius 1 is 1.03 bits per heavy atom. The number of anilines is 1. The second kappa shape index (κ2) is 8.16. The highest BCUT2D eigenvalue weighted by molar-refractivity contribution is 6.04. The smallest absolute Gasteiger partial charge is 0.257 e. The minimum atomic E-state index is -0.323. The number of nitrogens with zero attached hydrogens (tertiary/aromatic N) is 1. The van der Waals surface area contributed by atoms with E-state index in [-0.39, 0.29) is 17.1 Å². The predicted octanol–water partition coefficient (Wildman–Crippen LogP) is 5.03. The number of aromatic nitrogens is 2. The third kappa shape index (κ3) is 3.89. The van der Waals surface area contributed by atoms with Crippen LogP contribution < -0.4 is 20.2 Å². The van der Waals surface area contributed by atoms with Gasteiger partial charge in [0.15, 0.2) is 0 Å². The SMILES string of the molecule is COc1ccc2c(=O)c(Oc3ccc(C(=O)Nc4nc5ccccc5[nH]4)cc3)c(C)oc2c1. The minimum absolute atomic E-state index is 0.0899. The molecular formula is C25H19N3O5. The van der Waals surface area contributed by atoms with Crippen LogP contribution >= 0.6 is 0 Å². The van der Waals surface area contributed by atoms with E-state index in [0.717, 1.165) is 11.0 Å². The quantitative estimate of drug-likeness (QED) is 0.396. The summed E-state index contributed by atoms with van der Waals surface area (Å²) in [6, 6.07) is 18.9. The second-order valence-electron chi connectivity index (χ2n) is 7.36. The molecule has 0 aliphatic heterocycles. The van der Waals surface area contributed by atoms with E-state index in [1.165, 1.54) is 0 Å². The molecule has 0 aliphatic rings. The summed E-state index contributed by atoms with van der Waals surface area (Å²) in [6.07, 6.45) is 0. The van der Waals surface area contributed by atoms with Gasteiger partial charge in [-0.1, -0.05) is 12.1 Å². The van der Waals surface area contributed by atoms with Crippen LogP contribution in [0.2, 0.25) is 0 Å². The van der Waals surface area contributed by atoms with Crippen molar-refractivity contribution in [3.05, 3.63) is 88.3 Å². The van der Waals surface area contributed by atoms with E-state index in [1.807, 2.05) is 24.3 Å². The number of aromatic amines is 1. The number of carbonyl (C=O) groups is 1. The first kappa shape index (κ1) is 20.3. The molecule has 0 unspecified atom stereocenters. The Hall–Kier alpha value is -4.59. The van der Waals surface area contributed by atoms with Crippen LogP contribution in [0.5, 0.6) is 17.2 Å². The van der Waals surface area contributed by atoms with Gasteiger partial charge in [0, 0.05) is 11.6 Å². The number of methoxy groups -OCH3 is 1. The Morgan fingerprint density at radius 2 is 1.79 bits per heavy atom. The van der Waals surface area contributed by atoms with Crippen molar-refractivity contribution in [2.45, 2.75) is 6.92 Å². The molecule has 2 heterocycles. The number of nitrogens with one attached hydrogen (secondary N) is 2. The number of aryl methyl sites for hydroxylation is 1. The maximum absolute atomic E-state index is 12.9. The molecule has 2 N–H and O–H groups in total. The van der Waals surface area contributed by atoms with Gasteiger partial charge in [0.05, 0.1) is 23.5 Å². The fourth-order valence-electron chi connectivity index (χ4n) is 3.50. The van der Waals surface area contributed by atoms with Crippen LogP contribution in [-0.2, 0) is 0 Å². The zero-order valence-corrected chi connectivity index (χ0v) is 17.8. The van der Waals surface area contributed by atoms with Gasteiger partial charge < -0.3 is 18.9 Å². The van der Waals surface area contributed by atoms with E-state index >= 15 is 0 Å². The van der Waals surface area contributed by atoms with E-state index in [2.05, 4.69) is 15.3 Å². The van der Waals surface area contributed by atoms with Gasteiger partial charge in [0.25, 0.3) is 5.91 Å². The summed E-state index contributed by atoms with van der Waals surface area (Å²) in [6.45, 7) is 1.66. The summed E-state index contributed by atoms with van der Waals surface area (Å²) in [4.78, 5) is 32.9. The number of imidazole rings is 1. The molecule has 1 amide bonds. The van der Waals surface area contributed by atoms with Gasteiger partial charge in [0.2, 0.25) is 17.1 Å². The molecule has 164 valence electrons. The predicted molar refractivity (Wildman–Crippen MR) is 124 cm³/mol. The Balaban J connectivity index is 1.36. The minimum Gasteiger partial charge on any atom is -0.497 e. The molecule has 8 heteroatoms. The maximum Gasteiger partial charge on any atom is 0.257 e. The summed E-state index contributed by atoms with van der Waals surface area (Å²) in [5, 5.41) is 3.13. The standard InChI is InChI=1S/C25H19N3O5/c1-14-23(22(29)18-12-11-17(31-2)13-21(18)32-14)33-16-9-7-15(8-10-16)24(30)28-25-26-19-5-3-4-6-20(19)27-25/h3-13H,1-2H3,(H2,26,27,28,30). The molecule has 0 atom stereocenters. The molecule has 33 heavy (non-hydrogen) atoms. The Bertz CT molecular complexity index is 1520. The molecule has 2 aromatic heterocycles. The van der Waals surface area contributed by atoms with Crippen molar-refractivity contribution in [1.29, 1.82) is 0 Å². The molecule has 8 nitrogen and oxygen atoms in total. The average molecular weight is 441 g/mol. The summed E-state index contributed by atoms with van der Waals surface area (Å²) < 4.78 is 16.8. The second-order valence-corrected chi connectivity index (χ2v) is 7.36. The summed E-state index contributed by atoms with van der Waals surface area (Å²) in [5.41, 5.74) is 2.14. The fourth-order valence-corrected chi connectivity index (χ4v) is 3.50. The van der Waals surface area contributed by atoms with Crippen molar-refractivity contribution in [3.8, 4) is 17.2 Å². The number of ether oxygens (including phenoxy) is 2. The third-order valence-corrected chi connectivity index (χ3v) is 5.18. The summed E-state index contributed by atoms with van der Waals surface area (Å²) in [7, 11) is 1.55. The largest absolute Gasteiger partial charge is 0.497 e. The molecule has 0 saturated carbocycles. The van der Waals surface area contributed by atoms with E-state index < -0.39 is 0 Å². The number of carbonyl (C=O) groups excluding carboxylic acids is 1. The maximum atomic E-state index is 12.9. The Kier molecular flexibility index (Phi) is 5.02. The van der Waals surface area contributed by atoms with Gasteiger partial charge in [-0.15, -0.1) is 0 Å². The number of amides is 1. The lowest BCUT2D eigenvalue weighted by molar-refractivity contribution is 0.102. The molecule has 0 saturated heterocycles. The molecule has 3 aromatic carbocycles. The number of H-pyrrole nitrogens is 1. The number of fused-ring (bicyclic) bond motifs is 2. The van der Waals surface area contributed by atoms with Crippen molar-refractivity contribution in [2.75, 3.05) is 12.4 Å². The molecule has 0 bridgehead atoms. The van der Waals surface area contributed by atoms with E-state index in [4.69, 9.17) is 13.9 Å². The summed E-state index contributed by atoms with van der Waals surface area (Å²) in [5.74, 6) is 1.46. The Labute approximate surface area is 187 Å². The van der Waals surface area contributed by atoms with Crippen molar-refractivity contribution in [1.82, 2.24) is 9.97 Å². The monoisotopic (exact) mass is 441 g/mol. The van der Waals surface area contributed by atoms with Gasteiger partial charge in [-0.25, -0.2) is 4.98 Å². The van der Waals surface area contributed by atoms with E-state index in [0.29, 0.717) is 39.7 Å². The molecule has 0 aliphatic carbocycles. The van der Waals surface area contributed by atoms with Crippen LogP contribution in [0.15, 0.2) is 75.9 Å². The van der Waals surface area contributed by atoms with Gasteiger partial charge >= 0.3 is 0 Å². The number of rotatable bonds is 5. The zero-order chi connectivity index (χ0) is 22.9. The van der Waals surface area contributed by atoms with Crippen LogP contribution in [0.3, 0.4) is 0 Å². The lowest BCUT2D eigenvalue weighted by atomic mass is 10.2.